The number of hydrogen-bond acceptors (Lipinski definition) is 7. The molecule has 0 aliphatic rings. The average molecular weight is 306 g/mol. The van der Waals surface area contributed by atoms with Crippen molar-refractivity contribution in [3.05, 3.63) is 12.3 Å². The lowest BCUT2D eigenvalue weighted by atomic mass is 10.1. The third kappa shape index (κ3) is 13.0. The normalized spacial score (nSPS) is 11.4. The van der Waals surface area contributed by atoms with Crippen LogP contribution in [0, 0.1) is 0 Å². The van der Waals surface area contributed by atoms with Crippen LogP contribution in [0.15, 0.2) is 12.3 Å². The van der Waals surface area contributed by atoms with Gasteiger partial charge in [-0.1, -0.05) is 6.92 Å². The summed E-state index contributed by atoms with van der Waals surface area (Å²) in [6, 6.07) is 0. The molecule has 0 fully saturated rings. The van der Waals surface area contributed by atoms with Gasteiger partial charge in [-0.25, -0.2) is 9.59 Å². The molecule has 0 aromatic rings. The molecule has 0 heterocycles. The minimum Gasteiger partial charge on any atom is -0.460 e. The first-order valence-corrected chi connectivity index (χ1v) is 6.48. The van der Waals surface area contributed by atoms with Crippen LogP contribution in [0.25, 0.3) is 0 Å². The van der Waals surface area contributed by atoms with Crippen LogP contribution in [0.1, 0.15) is 27.2 Å². The first-order valence-electron chi connectivity index (χ1n) is 6.48. The van der Waals surface area contributed by atoms with Crippen molar-refractivity contribution in [1.29, 1.82) is 0 Å². The van der Waals surface area contributed by atoms with E-state index >= 15 is 0 Å². The van der Waals surface area contributed by atoms with Gasteiger partial charge in [-0.3, -0.25) is 0 Å². The highest BCUT2D eigenvalue weighted by Crippen LogP contribution is 2.13. The van der Waals surface area contributed by atoms with E-state index < -0.39 is 17.7 Å². The smallest absolute Gasteiger partial charge is 0.460 e. The fourth-order valence-electron chi connectivity index (χ4n) is 0.840. The van der Waals surface area contributed by atoms with Crippen molar-refractivity contribution < 1.29 is 38.7 Å². The molecule has 0 unspecified atom stereocenters. The fourth-order valence-corrected chi connectivity index (χ4v) is 0.840. The molecule has 0 atom stereocenters. The van der Waals surface area contributed by atoms with Crippen molar-refractivity contribution >= 4 is 12.1 Å². The Hall–Kier alpha value is -1.80. The van der Waals surface area contributed by atoms with Gasteiger partial charge in [0.2, 0.25) is 0 Å². The highest BCUT2D eigenvalue weighted by molar-refractivity contribution is 5.81. The topological polar surface area (TPSA) is 101 Å². The molecule has 0 aliphatic carbocycles. The number of carbonyl (C=O) groups is 2. The van der Waals surface area contributed by atoms with E-state index in [1.54, 1.807) is 0 Å². The molecule has 0 spiro atoms. The number of carbonyl (C=O) groups excluding carboxylic acids is 1. The molecule has 0 saturated heterocycles. The summed E-state index contributed by atoms with van der Waals surface area (Å²) in [6.07, 6.45) is 1.58. The van der Waals surface area contributed by atoms with Crippen molar-refractivity contribution in [2.75, 3.05) is 26.4 Å². The molecule has 8 heteroatoms. The summed E-state index contributed by atoms with van der Waals surface area (Å²) < 4.78 is 14.0. The Morgan fingerprint density at radius 2 is 1.71 bits per heavy atom. The molecule has 8 nitrogen and oxygen atoms in total. The summed E-state index contributed by atoms with van der Waals surface area (Å²) in [5.41, 5.74) is -0.430. The van der Waals surface area contributed by atoms with E-state index in [1.807, 2.05) is 20.8 Å². The summed E-state index contributed by atoms with van der Waals surface area (Å²) in [5, 5.41) is 8.18. The van der Waals surface area contributed by atoms with E-state index in [4.69, 9.17) is 24.4 Å². The molecule has 0 amide bonds. The van der Waals surface area contributed by atoms with Gasteiger partial charge in [0.15, 0.2) is 0 Å². The number of rotatable bonds is 11. The first kappa shape index (κ1) is 19.2. The van der Waals surface area contributed by atoms with Crippen LogP contribution in [-0.4, -0.2) is 49.3 Å². The van der Waals surface area contributed by atoms with Crippen LogP contribution in [0.4, 0.5) is 4.79 Å². The van der Waals surface area contributed by atoms with Crippen LogP contribution in [-0.2, 0) is 28.8 Å². The largest absolute Gasteiger partial charge is 0.505 e. The van der Waals surface area contributed by atoms with Crippen LogP contribution < -0.4 is 0 Å². The predicted octanol–water partition coefficient (Wildman–Crippen LogP) is 1.89. The average Bonchev–Trinajstić information content (AvgIpc) is 2.42. The van der Waals surface area contributed by atoms with E-state index in [2.05, 4.69) is 4.74 Å². The van der Waals surface area contributed by atoms with Gasteiger partial charge in [0.1, 0.15) is 25.1 Å². The highest BCUT2D eigenvalue weighted by atomic mass is 17.2. The number of ether oxygens (including phenoxy) is 3. The monoisotopic (exact) mass is 306 g/mol. The first-order chi connectivity index (χ1) is 9.87. The van der Waals surface area contributed by atoms with Gasteiger partial charge in [0, 0.05) is 0 Å². The predicted molar refractivity (Wildman–Crippen MR) is 71.4 cm³/mol. The minimum absolute atomic E-state index is 0.0392. The molecular formula is C13H22O8. The van der Waals surface area contributed by atoms with E-state index in [-0.39, 0.29) is 26.4 Å². The highest BCUT2D eigenvalue weighted by Gasteiger charge is 2.16. The quantitative estimate of drug-likeness (QED) is 0.154. The van der Waals surface area contributed by atoms with Gasteiger partial charge in [0.25, 0.3) is 0 Å². The van der Waals surface area contributed by atoms with E-state index in [1.165, 1.54) is 0 Å². The second kappa shape index (κ2) is 10.9. The zero-order valence-electron chi connectivity index (χ0n) is 12.5. The Morgan fingerprint density at radius 3 is 2.29 bits per heavy atom. The number of hydrogen-bond donors (Lipinski definition) is 1. The summed E-state index contributed by atoms with van der Waals surface area (Å²) in [5.74, 6) is -0.599. The maximum atomic E-state index is 11.2. The zero-order valence-corrected chi connectivity index (χ0v) is 12.5. The van der Waals surface area contributed by atoms with Crippen LogP contribution in [0.2, 0.25) is 0 Å². The van der Waals surface area contributed by atoms with Crippen molar-refractivity contribution in [2.24, 2.45) is 0 Å². The Morgan fingerprint density at radius 1 is 1.10 bits per heavy atom. The SMILES string of the molecule is CCC(C)(C)OOC=CC(=O)OCCOCCOC(=O)O. The lowest BCUT2D eigenvalue weighted by molar-refractivity contribution is -0.316. The maximum absolute atomic E-state index is 11.2. The third-order valence-electron chi connectivity index (χ3n) is 2.31. The maximum Gasteiger partial charge on any atom is 0.505 e. The van der Waals surface area contributed by atoms with Gasteiger partial charge in [-0.05, 0) is 20.3 Å². The molecule has 0 rings (SSSR count). The van der Waals surface area contributed by atoms with Crippen molar-refractivity contribution in [2.45, 2.75) is 32.8 Å². The van der Waals surface area contributed by atoms with Crippen molar-refractivity contribution in [3.8, 4) is 0 Å². The third-order valence-corrected chi connectivity index (χ3v) is 2.31. The molecule has 1 N–H and O–H groups in total. The van der Waals surface area contributed by atoms with Crippen LogP contribution in [0.3, 0.4) is 0 Å². The van der Waals surface area contributed by atoms with Crippen LogP contribution in [0.5, 0.6) is 0 Å². The summed E-state index contributed by atoms with van der Waals surface area (Å²) in [4.78, 5) is 31.0. The zero-order chi connectivity index (χ0) is 16.1. The second-order valence-electron chi connectivity index (χ2n) is 4.49. The Bertz CT molecular complexity index is 337. The molecule has 0 aromatic carbocycles. The minimum atomic E-state index is -1.36. The summed E-state index contributed by atoms with van der Waals surface area (Å²) in [7, 11) is 0. The number of carboxylic acid groups (broad SMARTS) is 1. The van der Waals surface area contributed by atoms with Gasteiger partial charge in [-0.15, -0.1) is 0 Å². The van der Waals surface area contributed by atoms with Crippen molar-refractivity contribution in [3.63, 3.8) is 0 Å². The summed E-state index contributed by atoms with van der Waals surface area (Å²) in [6.45, 7) is 5.86. The Labute approximate surface area is 123 Å². The van der Waals surface area contributed by atoms with Crippen LogP contribution >= 0.6 is 0 Å². The van der Waals surface area contributed by atoms with Gasteiger partial charge < -0.3 is 24.2 Å². The molecular weight excluding hydrogens is 284 g/mol. The lowest BCUT2D eigenvalue weighted by Gasteiger charge is -2.19. The molecule has 0 aliphatic heterocycles. The van der Waals surface area contributed by atoms with Gasteiger partial charge >= 0.3 is 12.1 Å². The fraction of sp³-hybridized carbons (Fsp3) is 0.692. The molecule has 0 saturated carbocycles. The molecule has 0 radical (unpaired) electrons. The van der Waals surface area contributed by atoms with E-state index in [9.17, 15) is 9.59 Å². The van der Waals surface area contributed by atoms with E-state index in [0.29, 0.717) is 0 Å². The number of esters is 1. The molecule has 122 valence electrons. The van der Waals surface area contributed by atoms with Crippen molar-refractivity contribution in [1.82, 2.24) is 0 Å². The molecule has 21 heavy (non-hydrogen) atoms. The lowest BCUT2D eigenvalue weighted by Crippen LogP contribution is -2.22. The molecule has 0 bridgehead atoms. The Kier molecular flexibility index (Phi) is 9.99. The Balaban J connectivity index is 3.52. The second-order valence-corrected chi connectivity index (χ2v) is 4.49. The van der Waals surface area contributed by atoms with Gasteiger partial charge in [0.05, 0.1) is 19.3 Å². The molecule has 0 aromatic heterocycles. The summed E-state index contributed by atoms with van der Waals surface area (Å²) >= 11 is 0. The van der Waals surface area contributed by atoms with E-state index in [0.717, 1.165) is 18.8 Å². The standard InChI is InChI=1S/C13H22O8/c1-4-13(2,3)21-20-6-5-11(14)18-9-7-17-8-10-19-12(15)16/h5-6H,4,7-10H2,1-3H3,(H,15,16). The van der Waals surface area contributed by atoms with Gasteiger partial charge in [-0.2, -0.15) is 4.89 Å².